The predicted molar refractivity (Wildman–Crippen MR) is 231 cm³/mol. The van der Waals surface area contributed by atoms with E-state index in [0.717, 1.165) is 46.2 Å². The smallest absolute Gasteiger partial charge is 0.343 e. The average Bonchev–Trinajstić information content (AvgIpc) is 3.72. The van der Waals surface area contributed by atoms with Crippen molar-refractivity contribution in [2.24, 2.45) is 5.92 Å². The molecule has 1 aliphatic rings. The van der Waals surface area contributed by atoms with Gasteiger partial charge in [-0.2, -0.15) is 0 Å². The Morgan fingerprint density at radius 1 is 0.911 bits per heavy atom. The number of hydrogen-bond donors (Lipinski definition) is 0. The van der Waals surface area contributed by atoms with Gasteiger partial charge in [-0.15, -0.1) is 0 Å². The number of esters is 1. The molecule has 0 spiro atoms. The third-order valence-electron chi connectivity index (χ3n) is 12.4. The maximum atomic E-state index is 15.0. The van der Waals surface area contributed by atoms with E-state index in [0.29, 0.717) is 37.6 Å². The van der Waals surface area contributed by atoms with Crippen molar-refractivity contribution in [3.8, 4) is 5.75 Å². The molecule has 1 aromatic heterocycles. The van der Waals surface area contributed by atoms with Crippen molar-refractivity contribution >= 4 is 39.4 Å². The Kier molecular flexibility index (Phi) is 14.8. The van der Waals surface area contributed by atoms with Crippen LogP contribution in [0.15, 0.2) is 47.1 Å². The fourth-order valence-corrected chi connectivity index (χ4v) is 9.28. The Morgan fingerprint density at radius 3 is 2.09 bits per heavy atom. The first-order valence-electron chi connectivity index (χ1n) is 21.0. The Morgan fingerprint density at radius 2 is 1.55 bits per heavy atom. The lowest BCUT2D eigenvalue weighted by atomic mass is 9.84. The highest BCUT2D eigenvalue weighted by molar-refractivity contribution is 6.74. The molecule has 0 N–H and O–H groups in total. The lowest BCUT2D eigenvalue weighted by molar-refractivity contribution is -0.154. The molecule has 0 aliphatic carbocycles. The summed E-state index contributed by atoms with van der Waals surface area (Å²) in [5.41, 5.74) is 3.25. The number of hydrogen-bond acceptors (Lipinski definition) is 8. The van der Waals surface area contributed by atoms with E-state index in [2.05, 4.69) is 107 Å². The highest BCUT2D eigenvalue weighted by Gasteiger charge is 2.69. The second-order valence-electron chi connectivity index (χ2n) is 19.2. The van der Waals surface area contributed by atoms with Gasteiger partial charge in [-0.05, 0) is 85.6 Å². The molecule has 0 amide bonds. The highest BCUT2D eigenvalue weighted by Crippen LogP contribution is 2.50. The molecule has 1 aliphatic heterocycles. The van der Waals surface area contributed by atoms with E-state index < -0.39 is 40.2 Å². The highest BCUT2D eigenvalue weighted by atomic mass is 28.4. The van der Waals surface area contributed by atoms with Gasteiger partial charge in [0.15, 0.2) is 16.6 Å². The van der Waals surface area contributed by atoms with Crippen LogP contribution in [0.25, 0.3) is 11.0 Å². The SMILES string of the molecule is CCCC(C(=O)C[C@H](O[Si](C)(C)C(C)(C)C)C1(C(=O)OCC)O[C@H]1CC)c1coc2c(CO[Si](C)(C)C(C)(C)C)c(OCc3ccccc3)c(CC(C)C)cc12. The van der Waals surface area contributed by atoms with E-state index in [1.165, 1.54) is 0 Å². The molecule has 8 nitrogen and oxygen atoms in total. The summed E-state index contributed by atoms with van der Waals surface area (Å²) in [5.74, 6) is 0.213. The van der Waals surface area contributed by atoms with Crippen molar-refractivity contribution in [1.82, 2.24) is 0 Å². The summed E-state index contributed by atoms with van der Waals surface area (Å²) in [7, 11) is -4.65. The van der Waals surface area contributed by atoms with Crippen LogP contribution >= 0.6 is 0 Å². The van der Waals surface area contributed by atoms with Crippen LogP contribution < -0.4 is 4.74 Å². The number of rotatable bonds is 20. The lowest BCUT2D eigenvalue weighted by Gasteiger charge is -2.40. The number of fused-ring (bicyclic) bond motifs is 1. The molecule has 2 unspecified atom stereocenters. The summed E-state index contributed by atoms with van der Waals surface area (Å²) in [5, 5.41) is 0.760. The monoisotopic (exact) mass is 808 g/mol. The van der Waals surface area contributed by atoms with Crippen LogP contribution in [0.3, 0.4) is 0 Å². The van der Waals surface area contributed by atoms with Gasteiger partial charge in [-0.1, -0.05) is 106 Å². The van der Waals surface area contributed by atoms with Crippen LogP contribution in [-0.4, -0.2) is 52.8 Å². The van der Waals surface area contributed by atoms with Crippen LogP contribution in [0, 0.1) is 5.92 Å². The molecule has 0 bridgehead atoms. The first kappa shape index (κ1) is 45.9. The third kappa shape index (κ3) is 10.1. The topological polar surface area (TPSA) is 96.7 Å². The molecule has 0 radical (unpaired) electrons. The zero-order valence-electron chi connectivity index (χ0n) is 37.3. The third-order valence-corrected chi connectivity index (χ3v) is 21.4. The van der Waals surface area contributed by atoms with Gasteiger partial charge in [0.1, 0.15) is 29.8 Å². The van der Waals surface area contributed by atoms with Gasteiger partial charge in [-0.3, -0.25) is 4.79 Å². The number of ether oxygens (including phenoxy) is 3. The summed E-state index contributed by atoms with van der Waals surface area (Å²) in [6.07, 6.45) is 3.44. The van der Waals surface area contributed by atoms with Crippen LogP contribution in [0.2, 0.25) is 36.3 Å². The maximum absolute atomic E-state index is 15.0. The fourth-order valence-electron chi connectivity index (χ4n) is 7.01. The molecule has 1 fully saturated rings. The number of carbonyl (C=O) groups excluding carboxylic acids is 2. The molecule has 2 heterocycles. The second-order valence-corrected chi connectivity index (χ2v) is 28.8. The van der Waals surface area contributed by atoms with Gasteiger partial charge in [0, 0.05) is 23.3 Å². The van der Waals surface area contributed by atoms with Crippen LogP contribution in [-0.2, 0) is 47.5 Å². The summed E-state index contributed by atoms with van der Waals surface area (Å²) >= 11 is 0. The van der Waals surface area contributed by atoms with E-state index in [4.69, 9.17) is 27.5 Å². The Labute approximate surface area is 340 Å². The molecule has 10 heteroatoms. The zero-order chi connectivity index (χ0) is 41.9. The Bertz CT molecular complexity index is 1780. The van der Waals surface area contributed by atoms with Crippen LogP contribution in [0.5, 0.6) is 5.75 Å². The van der Waals surface area contributed by atoms with Gasteiger partial charge in [-0.25, -0.2) is 4.79 Å². The lowest BCUT2D eigenvalue weighted by Crippen LogP contribution is -2.52. The molecule has 2 aromatic carbocycles. The van der Waals surface area contributed by atoms with Crippen molar-refractivity contribution in [2.75, 3.05) is 6.61 Å². The van der Waals surface area contributed by atoms with Crippen molar-refractivity contribution in [1.29, 1.82) is 0 Å². The standard InChI is InChI=1S/C46H72O8Si2/c1-16-22-34(38(47)27-40(54-56(14,15)45(9,10)11)46(39(17-2)53-46)43(48)49-18-3)36-29-51-42-35(36)26-33(25-31(4)5)41(50-28-32-23-20-19-21-24-32)37(42)30-52-55(12,13)44(6,7)8/h19-21,23-24,26,29,31,34,39-40H,16-18,22,25,27-28,30H2,1-15H3/t34?,39-,40-,46?/m0/s1. The summed E-state index contributed by atoms with van der Waals surface area (Å²) < 4.78 is 39.1. The normalized spacial score (nSPS) is 19.0. The second kappa shape index (κ2) is 18.0. The maximum Gasteiger partial charge on any atom is 0.343 e. The number of ketones is 1. The number of epoxide rings is 1. The molecule has 56 heavy (non-hydrogen) atoms. The number of furan rings is 1. The van der Waals surface area contributed by atoms with Gasteiger partial charge in [0.05, 0.1) is 31.1 Å². The van der Waals surface area contributed by atoms with Crippen molar-refractivity contribution in [3.63, 3.8) is 0 Å². The van der Waals surface area contributed by atoms with Gasteiger partial charge >= 0.3 is 5.97 Å². The predicted octanol–water partition coefficient (Wildman–Crippen LogP) is 12.1. The number of carbonyl (C=O) groups is 2. The summed E-state index contributed by atoms with van der Waals surface area (Å²) in [4.78, 5) is 28.7. The first-order chi connectivity index (χ1) is 26.0. The van der Waals surface area contributed by atoms with Gasteiger partial charge in [0.25, 0.3) is 0 Å². The largest absolute Gasteiger partial charge is 0.488 e. The average molecular weight is 809 g/mol. The molecule has 0 saturated carbocycles. The van der Waals surface area contributed by atoms with Gasteiger partial charge in [0.2, 0.25) is 5.60 Å². The minimum absolute atomic E-state index is 0.00109. The Balaban J connectivity index is 1.87. The minimum Gasteiger partial charge on any atom is -0.488 e. The molecular formula is C46H72O8Si2. The van der Waals surface area contributed by atoms with E-state index in [-0.39, 0.29) is 35.0 Å². The summed E-state index contributed by atoms with van der Waals surface area (Å²) in [6.45, 7) is 33.3. The van der Waals surface area contributed by atoms with E-state index in [1.54, 1.807) is 13.2 Å². The van der Waals surface area contributed by atoms with Crippen LogP contribution in [0.1, 0.15) is 130 Å². The van der Waals surface area contributed by atoms with Crippen molar-refractivity contribution in [3.05, 3.63) is 64.9 Å². The van der Waals surface area contributed by atoms with Crippen molar-refractivity contribution in [2.45, 2.75) is 181 Å². The fraction of sp³-hybridized carbons (Fsp3) is 0.652. The molecule has 4 rings (SSSR count). The molecule has 3 aromatic rings. The summed E-state index contributed by atoms with van der Waals surface area (Å²) in [6, 6.07) is 12.4. The first-order valence-corrected chi connectivity index (χ1v) is 26.8. The molecule has 312 valence electrons. The Hall–Kier alpha value is -2.77. The van der Waals surface area contributed by atoms with E-state index in [9.17, 15) is 9.59 Å². The molecule has 4 atom stereocenters. The van der Waals surface area contributed by atoms with E-state index in [1.807, 2.05) is 25.1 Å². The zero-order valence-corrected chi connectivity index (χ0v) is 39.3. The van der Waals surface area contributed by atoms with Gasteiger partial charge < -0.3 is 27.5 Å². The minimum atomic E-state index is -2.47. The number of benzene rings is 2. The number of Topliss-reactive ketones (excluding diaryl/α,β-unsaturated/α-hetero) is 1. The van der Waals surface area contributed by atoms with Crippen molar-refractivity contribution < 1.29 is 37.1 Å². The molecule has 1 saturated heterocycles. The molecular weight excluding hydrogens is 737 g/mol. The van der Waals surface area contributed by atoms with E-state index >= 15 is 0 Å². The van der Waals surface area contributed by atoms with Crippen LogP contribution in [0.4, 0.5) is 0 Å². The quantitative estimate of drug-likeness (QED) is 0.0632.